The molecule has 0 aliphatic carbocycles. The first kappa shape index (κ1) is 13.0. The molecule has 102 valence electrons. The minimum atomic E-state index is 0.663. The number of nitrogens with two attached hydrogens (primary N) is 1. The lowest BCUT2D eigenvalue weighted by Gasteiger charge is -2.05. The third-order valence-corrected chi connectivity index (χ3v) is 3.63. The maximum absolute atomic E-state index is 5.82. The third-order valence-electron chi connectivity index (χ3n) is 3.05. The van der Waals surface area contributed by atoms with Crippen LogP contribution in [0.2, 0.25) is 0 Å². The van der Waals surface area contributed by atoms with Gasteiger partial charge in [0.05, 0.1) is 12.1 Å². The first-order chi connectivity index (χ1) is 9.69. The highest BCUT2D eigenvalue weighted by molar-refractivity contribution is 9.10. The van der Waals surface area contributed by atoms with Crippen molar-refractivity contribution in [3.05, 3.63) is 47.2 Å². The van der Waals surface area contributed by atoms with E-state index in [0.717, 1.165) is 32.9 Å². The van der Waals surface area contributed by atoms with Crippen molar-refractivity contribution in [1.29, 1.82) is 0 Å². The molecular weight excluding hydrogens is 318 g/mol. The Balaban J connectivity index is 2.10. The summed E-state index contributed by atoms with van der Waals surface area (Å²) in [4.78, 5) is 4.56. The van der Waals surface area contributed by atoms with Gasteiger partial charge in [0.1, 0.15) is 16.2 Å². The van der Waals surface area contributed by atoms with E-state index in [1.165, 1.54) is 0 Å². The standard InChI is InChI=1S/C15H14BrN3O/c1-2-20-12-5-3-10(4-6-12)15-18-14(16)13-9-11(17)7-8-19(13)15/h3-9H,2,17H2,1H3. The third kappa shape index (κ3) is 2.25. The van der Waals surface area contributed by atoms with Crippen LogP contribution in [0, 0.1) is 0 Å². The summed E-state index contributed by atoms with van der Waals surface area (Å²) >= 11 is 3.48. The molecule has 5 heteroatoms. The lowest BCUT2D eigenvalue weighted by molar-refractivity contribution is 0.340. The molecule has 0 radical (unpaired) electrons. The van der Waals surface area contributed by atoms with E-state index in [4.69, 9.17) is 10.5 Å². The molecule has 3 rings (SSSR count). The molecule has 0 aliphatic heterocycles. The van der Waals surface area contributed by atoms with Gasteiger partial charge in [0.25, 0.3) is 0 Å². The zero-order valence-electron chi connectivity index (χ0n) is 11.0. The van der Waals surface area contributed by atoms with Gasteiger partial charge in [-0.05, 0) is 59.3 Å². The number of aromatic nitrogens is 2. The second-order valence-corrected chi connectivity index (χ2v) is 5.15. The van der Waals surface area contributed by atoms with Crippen molar-refractivity contribution in [2.75, 3.05) is 12.3 Å². The van der Waals surface area contributed by atoms with E-state index in [2.05, 4.69) is 20.9 Å². The van der Waals surface area contributed by atoms with Gasteiger partial charge in [-0.25, -0.2) is 4.98 Å². The van der Waals surface area contributed by atoms with E-state index in [-0.39, 0.29) is 0 Å². The van der Waals surface area contributed by atoms with Gasteiger partial charge >= 0.3 is 0 Å². The number of pyridine rings is 1. The van der Waals surface area contributed by atoms with Gasteiger partial charge in [-0.1, -0.05) is 0 Å². The molecule has 0 aliphatic rings. The van der Waals surface area contributed by atoms with Crippen LogP contribution in [0.25, 0.3) is 16.9 Å². The van der Waals surface area contributed by atoms with Crippen LogP contribution in [0.15, 0.2) is 47.2 Å². The van der Waals surface area contributed by atoms with Crippen LogP contribution < -0.4 is 10.5 Å². The lowest BCUT2D eigenvalue weighted by atomic mass is 10.2. The molecule has 0 saturated carbocycles. The number of nitrogens with zero attached hydrogens (tertiary/aromatic N) is 2. The van der Waals surface area contributed by atoms with E-state index >= 15 is 0 Å². The number of hydrogen-bond donors (Lipinski definition) is 1. The summed E-state index contributed by atoms with van der Waals surface area (Å²) in [6, 6.07) is 11.7. The zero-order valence-corrected chi connectivity index (χ0v) is 12.6. The number of ether oxygens (including phenoxy) is 1. The van der Waals surface area contributed by atoms with Crippen LogP contribution in [0.3, 0.4) is 0 Å². The van der Waals surface area contributed by atoms with Crippen molar-refractivity contribution < 1.29 is 4.74 Å². The first-order valence-corrected chi connectivity index (χ1v) is 7.14. The van der Waals surface area contributed by atoms with Crippen molar-refractivity contribution in [2.45, 2.75) is 6.92 Å². The summed E-state index contributed by atoms with van der Waals surface area (Å²) in [5, 5.41) is 0. The minimum absolute atomic E-state index is 0.663. The second kappa shape index (κ2) is 5.17. The molecule has 4 nitrogen and oxygen atoms in total. The van der Waals surface area contributed by atoms with E-state index in [0.29, 0.717) is 6.61 Å². The Kier molecular flexibility index (Phi) is 3.36. The van der Waals surface area contributed by atoms with Crippen LogP contribution in [-0.4, -0.2) is 16.0 Å². The molecule has 1 aromatic carbocycles. The molecule has 0 unspecified atom stereocenters. The predicted molar refractivity (Wildman–Crippen MR) is 83.9 cm³/mol. The number of imidazole rings is 1. The molecule has 0 bridgehead atoms. The smallest absolute Gasteiger partial charge is 0.145 e. The maximum atomic E-state index is 5.82. The maximum Gasteiger partial charge on any atom is 0.145 e. The van der Waals surface area contributed by atoms with Crippen molar-refractivity contribution in [3.63, 3.8) is 0 Å². The van der Waals surface area contributed by atoms with E-state index in [1.54, 1.807) is 0 Å². The Morgan fingerprint density at radius 2 is 2.00 bits per heavy atom. The fourth-order valence-corrected chi connectivity index (χ4v) is 2.61. The van der Waals surface area contributed by atoms with Crippen molar-refractivity contribution in [3.8, 4) is 17.1 Å². The number of fused-ring (bicyclic) bond motifs is 1. The molecule has 0 fully saturated rings. The van der Waals surface area contributed by atoms with E-state index in [9.17, 15) is 0 Å². The van der Waals surface area contributed by atoms with Crippen LogP contribution in [0.1, 0.15) is 6.92 Å². The summed E-state index contributed by atoms with van der Waals surface area (Å²) in [6.45, 7) is 2.63. The minimum Gasteiger partial charge on any atom is -0.494 e. The highest BCUT2D eigenvalue weighted by atomic mass is 79.9. The Bertz CT molecular complexity index is 750. The van der Waals surface area contributed by atoms with Gasteiger partial charge in [0, 0.05) is 17.4 Å². The van der Waals surface area contributed by atoms with Crippen LogP contribution in [0.5, 0.6) is 5.75 Å². The number of nitrogen functional groups attached to an aromatic ring is 1. The van der Waals surface area contributed by atoms with E-state index < -0.39 is 0 Å². The molecule has 3 aromatic rings. The monoisotopic (exact) mass is 331 g/mol. The van der Waals surface area contributed by atoms with Gasteiger partial charge < -0.3 is 10.5 Å². The number of benzene rings is 1. The van der Waals surface area contributed by atoms with Gasteiger partial charge in [-0.2, -0.15) is 0 Å². The van der Waals surface area contributed by atoms with Gasteiger partial charge in [-0.3, -0.25) is 4.40 Å². The Morgan fingerprint density at radius 3 is 2.70 bits per heavy atom. The summed E-state index contributed by atoms with van der Waals surface area (Å²) in [6.07, 6.45) is 1.92. The quantitative estimate of drug-likeness (QED) is 0.795. The van der Waals surface area contributed by atoms with Gasteiger partial charge in [0.2, 0.25) is 0 Å². The highest BCUT2D eigenvalue weighted by Crippen LogP contribution is 2.28. The lowest BCUT2D eigenvalue weighted by Crippen LogP contribution is -1.93. The molecule has 0 amide bonds. The fraction of sp³-hybridized carbons (Fsp3) is 0.133. The molecule has 2 heterocycles. The summed E-state index contributed by atoms with van der Waals surface area (Å²) in [5.74, 6) is 1.73. The fourth-order valence-electron chi connectivity index (χ4n) is 2.13. The summed E-state index contributed by atoms with van der Waals surface area (Å²) in [5.41, 5.74) is 8.51. The molecule has 0 spiro atoms. The topological polar surface area (TPSA) is 52.5 Å². The highest BCUT2D eigenvalue weighted by Gasteiger charge is 2.11. The van der Waals surface area contributed by atoms with Crippen molar-refractivity contribution in [2.24, 2.45) is 0 Å². The van der Waals surface area contributed by atoms with Crippen molar-refractivity contribution >= 4 is 27.1 Å². The zero-order chi connectivity index (χ0) is 14.1. The number of anilines is 1. The molecule has 0 atom stereocenters. The molecule has 2 aromatic heterocycles. The Hall–Kier alpha value is -2.01. The summed E-state index contributed by atoms with van der Waals surface area (Å²) < 4.78 is 8.25. The normalized spacial score (nSPS) is 10.9. The average molecular weight is 332 g/mol. The van der Waals surface area contributed by atoms with E-state index in [1.807, 2.05) is 53.9 Å². The summed E-state index contributed by atoms with van der Waals surface area (Å²) in [7, 11) is 0. The first-order valence-electron chi connectivity index (χ1n) is 6.35. The average Bonchev–Trinajstić information content (AvgIpc) is 2.77. The molecule has 20 heavy (non-hydrogen) atoms. The van der Waals surface area contributed by atoms with Crippen LogP contribution in [-0.2, 0) is 0 Å². The SMILES string of the molecule is CCOc1ccc(-c2nc(Br)c3cc(N)ccn23)cc1. The van der Waals surface area contributed by atoms with Crippen LogP contribution >= 0.6 is 15.9 Å². The van der Waals surface area contributed by atoms with Gasteiger partial charge in [-0.15, -0.1) is 0 Å². The number of halogens is 1. The number of rotatable bonds is 3. The molecule has 2 N–H and O–H groups in total. The molecular formula is C15H14BrN3O. The van der Waals surface area contributed by atoms with Crippen molar-refractivity contribution in [1.82, 2.24) is 9.38 Å². The molecule has 0 saturated heterocycles. The number of hydrogen-bond acceptors (Lipinski definition) is 3. The largest absolute Gasteiger partial charge is 0.494 e. The van der Waals surface area contributed by atoms with Gasteiger partial charge in [0.15, 0.2) is 0 Å². The predicted octanol–water partition coefficient (Wildman–Crippen LogP) is 3.74. The second-order valence-electron chi connectivity index (χ2n) is 4.40. The Labute approximate surface area is 125 Å². The van der Waals surface area contributed by atoms with Crippen LogP contribution in [0.4, 0.5) is 5.69 Å². The Morgan fingerprint density at radius 1 is 1.25 bits per heavy atom.